The molecular weight excluding hydrogens is 238 g/mol. The van der Waals surface area contributed by atoms with Crippen molar-refractivity contribution in [3.63, 3.8) is 0 Å². The largest absolute Gasteiger partial charge is 0.338 e. The Balaban J connectivity index is 2.81. The van der Waals surface area contributed by atoms with Gasteiger partial charge in [-0.3, -0.25) is 4.79 Å². The number of nitrogens with one attached hydrogen (secondary N) is 1. The van der Waals surface area contributed by atoms with E-state index >= 15 is 0 Å². The zero-order valence-electron chi connectivity index (χ0n) is 10.3. The second-order valence-electron chi connectivity index (χ2n) is 4.22. The van der Waals surface area contributed by atoms with E-state index in [1.54, 1.807) is 13.8 Å². The maximum Gasteiger partial charge on any atom is 0.225 e. The van der Waals surface area contributed by atoms with Gasteiger partial charge in [0.25, 0.3) is 0 Å². The molecular formula is C13H14F2N2O. The van der Waals surface area contributed by atoms with Crippen LogP contribution in [0.2, 0.25) is 0 Å². The number of nitrogens with zero attached hydrogens (tertiary/aromatic N) is 1. The molecule has 0 saturated heterocycles. The van der Waals surface area contributed by atoms with Crippen molar-refractivity contribution in [2.75, 3.05) is 0 Å². The number of amides is 1. The predicted molar refractivity (Wildman–Crippen MR) is 62.5 cm³/mol. The molecule has 0 spiro atoms. The van der Waals surface area contributed by atoms with E-state index in [0.29, 0.717) is 6.42 Å². The molecule has 18 heavy (non-hydrogen) atoms. The van der Waals surface area contributed by atoms with Crippen LogP contribution in [0.1, 0.15) is 25.8 Å². The van der Waals surface area contributed by atoms with Gasteiger partial charge in [-0.25, -0.2) is 8.78 Å². The Labute approximate surface area is 104 Å². The van der Waals surface area contributed by atoms with Crippen molar-refractivity contribution < 1.29 is 13.6 Å². The van der Waals surface area contributed by atoms with Gasteiger partial charge in [0.15, 0.2) is 0 Å². The van der Waals surface area contributed by atoms with Gasteiger partial charge in [-0.1, -0.05) is 13.0 Å². The molecule has 0 aliphatic carbocycles. The first kappa shape index (κ1) is 14.1. The molecule has 1 unspecified atom stereocenters. The standard InChI is InChI=1S/C13H14F2N2O/c1-3-13(2,8-16)17-12(18)7-9-10(14)5-4-6-11(9)15/h4-6H,3,7H2,1-2H3,(H,17,18). The molecule has 0 aromatic heterocycles. The quantitative estimate of drug-likeness (QED) is 0.894. The highest BCUT2D eigenvalue weighted by atomic mass is 19.1. The summed E-state index contributed by atoms with van der Waals surface area (Å²) >= 11 is 0. The van der Waals surface area contributed by atoms with E-state index in [4.69, 9.17) is 5.26 Å². The molecule has 0 aliphatic heterocycles. The smallest absolute Gasteiger partial charge is 0.225 e. The lowest BCUT2D eigenvalue weighted by Gasteiger charge is -2.21. The highest BCUT2D eigenvalue weighted by Gasteiger charge is 2.24. The molecule has 0 saturated carbocycles. The summed E-state index contributed by atoms with van der Waals surface area (Å²) in [6.45, 7) is 3.30. The highest BCUT2D eigenvalue weighted by Crippen LogP contribution is 2.14. The van der Waals surface area contributed by atoms with Crippen molar-refractivity contribution in [3.8, 4) is 6.07 Å². The second kappa shape index (κ2) is 5.58. The highest BCUT2D eigenvalue weighted by molar-refractivity contribution is 5.79. The summed E-state index contributed by atoms with van der Waals surface area (Å²) in [5.74, 6) is -2.11. The van der Waals surface area contributed by atoms with Crippen LogP contribution in [0.15, 0.2) is 18.2 Å². The molecule has 1 atom stereocenters. The Bertz CT molecular complexity index is 476. The lowest BCUT2D eigenvalue weighted by Crippen LogP contribution is -2.45. The van der Waals surface area contributed by atoms with Crippen LogP contribution < -0.4 is 5.32 Å². The van der Waals surface area contributed by atoms with Crippen LogP contribution in [0.4, 0.5) is 8.78 Å². The Morgan fingerprint density at radius 2 is 2.00 bits per heavy atom. The third-order valence-electron chi connectivity index (χ3n) is 2.77. The van der Waals surface area contributed by atoms with Crippen LogP contribution in [0.5, 0.6) is 0 Å². The number of nitriles is 1. The fraction of sp³-hybridized carbons (Fsp3) is 0.385. The summed E-state index contributed by atoms with van der Waals surface area (Å²) in [4.78, 5) is 11.7. The molecule has 1 rings (SSSR count). The lowest BCUT2D eigenvalue weighted by molar-refractivity contribution is -0.121. The first-order valence-electron chi connectivity index (χ1n) is 5.57. The van der Waals surface area contributed by atoms with Gasteiger partial charge in [0, 0.05) is 5.56 Å². The topological polar surface area (TPSA) is 52.9 Å². The number of benzene rings is 1. The van der Waals surface area contributed by atoms with Gasteiger partial charge in [0.05, 0.1) is 12.5 Å². The van der Waals surface area contributed by atoms with Gasteiger partial charge in [0.1, 0.15) is 17.2 Å². The SMILES string of the molecule is CCC(C)(C#N)NC(=O)Cc1c(F)cccc1F. The average Bonchev–Trinajstić information content (AvgIpc) is 2.34. The lowest BCUT2D eigenvalue weighted by atomic mass is 10.0. The van der Waals surface area contributed by atoms with E-state index in [9.17, 15) is 13.6 Å². The van der Waals surface area contributed by atoms with Crippen molar-refractivity contribution in [3.05, 3.63) is 35.4 Å². The van der Waals surface area contributed by atoms with Gasteiger partial charge >= 0.3 is 0 Å². The van der Waals surface area contributed by atoms with Gasteiger partial charge in [-0.2, -0.15) is 5.26 Å². The molecule has 0 fully saturated rings. The number of rotatable bonds is 4. The summed E-state index contributed by atoms with van der Waals surface area (Å²) in [7, 11) is 0. The average molecular weight is 252 g/mol. The molecule has 0 radical (unpaired) electrons. The van der Waals surface area contributed by atoms with Crippen LogP contribution in [0.3, 0.4) is 0 Å². The molecule has 3 nitrogen and oxygen atoms in total. The van der Waals surface area contributed by atoms with E-state index in [-0.39, 0.29) is 5.56 Å². The number of hydrogen-bond donors (Lipinski definition) is 1. The molecule has 0 bridgehead atoms. The zero-order chi connectivity index (χ0) is 13.8. The minimum atomic E-state index is -1.02. The van der Waals surface area contributed by atoms with Crippen molar-refractivity contribution in [2.24, 2.45) is 0 Å². The Hall–Kier alpha value is -1.96. The van der Waals surface area contributed by atoms with Crippen LogP contribution in [-0.2, 0) is 11.2 Å². The zero-order valence-corrected chi connectivity index (χ0v) is 10.3. The van der Waals surface area contributed by atoms with Crippen LogP contribution in [0, 0.1) is 23.0 Å². The van der Waals surface area contributed by atoms with E-state index in [1.807, 2.05) is 6.07 Å². The molecule has 1 N–H and O–H groups in total. The minimum absolute atomic E-state index is 0.286. The number of carbonyl (C=O) groups is 1. The Kier molecular flexibility index (Phi) is 4.38. The normalized spacial score (nSPS) is 13.5. The van der Waals surface area contributed by atoms with Gasteiger partial charge in [-0.15, -0.1) is 0 Å². The molecule has 0 heterocycles. The number of carbonyl (C=O) groups excluding carboxylic acids is 1. The van der Waals surface area contributed by atoms with Crippen LogP contribution in [0.25, 0.3) is 0 Å². The first-order chi connectivity index (χ1) is 8.41. The maximum absolute atomic E-state index is 13.3. The predicted octanol–water partition coefficient (Wildman–Crippen LogP) is 2.32. The molecule has 1 aromatic carbocycles. The summed E-state index contributed by atoms with van der Waals surface area (Å²) in [6, 6.07) is 5.37. The molecule has 1 aromatic rings. The second-order valence-corrected chi connectivity index (χ2v) is 4.22. The van der Waals surface area contributed by atoms with Crippen molar-refractivity contribution in [2.45, 2.75) is 32.2 Å². The Morgan fingerprint density at radius 3 is 2.44 bits per heavy atom. The van der Waals surface area contributed by atoms with Crippen LogP contribution in [-0.4, -0.2) is 11.4 Å². The fourth-order valence-electron chi connectivity index (χ4n) is 1.41. The third kappa shape index (κ3) is 3.27. The van der Waals surface area contributed by atoms with Crippen molar-refractivity contribution in [1.82, 2.24) is 5.32 Å². The van der Waals surface area contributed by atoms with E-state index < -0.39 is 29.5 Å². The maximum atomic E-state index is 13.3. The minimum Gasteiger partial charge on any atom is -0.338 e. The fourth-order valence-corrected chi connectivity index (χ4v) is 1.41. The molecule has 5 heteroatoms. The summed E-state index contributed by atoms with van der Waals surface area (Å²) < 4.78 is 26.6. The molecule has 0 aliphatic rings. The van der Waals surface area contributed by atoms with Gasteiger partial charge in [-0.05, 0) is 25.5 Å². The number of halogens is 2. The van der Waals surface area contributed by atoms with Gasteiger partial charge in [0.2, 0.25) is 5.91 Å². The summed E-state index contributed by atoms with van der Waals surface area (Å²) in [5, 5.41) is 11.4. The third-order valence-corrected chi connectivity index (χ3v) is 2.77. The molecule has 1 amide bonds. The van der Waals surface area contributed by atoms with Gasteiger partial charge < -0.3 is 5.32 Å². The van der Waals surface area contributed by atoms with Crippen LogP contribution >= 0.6 is 0 Å². The Morgan fingerprint density at radius 1 is 1.44 bits per heavy atom. The van der Waals surface area contributed by atoms with E-state index in [2.05, 4.69) is 5.32 Å². The monoisotopic (exact) mass is 252 g/mol. The summed E-state index contributed by atoms with van der Waals surface area (Å²) in [6.07, 6.45) is -0.00916. The summed E-state index contributed by atoms with van der Waals surface area (Å²) in [5.41, 5.74) is -1.30. The molecule has 96 valence electrons. The van der Waals surface area contributed by atoms with E-state index in [1.165, 1.54) is 6.07 Å². The first-order valence-corrected chi connectivity index (χ1v) is 5.57. The van der Waals surface area contributed by atoms with E-state index in [0.717, 1.165) is 12.1 Å². The van der Waals surface area contributed by atoms with Crippen molar-refractivity contribution >= 4 is 5.91 Å². The number of hydrogen-bond acceptors (Lipinski definition) is 2. The van der Waals surface area contributed by atoms with Crippen molar-refractivity contribution in [1.29, 1.82) is 5.26 Å².